The zero-order valence-corrected chi connectivity index (χ0v) is 11.0. The van der Waals surface area contributed by atoms with Crippen LogP contribution < -0.4 is 10.2 Å². The Labute approximate surface area is 111 Å². The fraction of sp³-hybridized carbons (Fsp3) is 0.500. The highest BCUT2D eigenvalue weighted by atomic mass is 16.2. The minimum absolute atomic E-state index is 0.0949. The number of amides is 2. The minimum Gasteiger partial charge on any atom is -0.339 e. The summed E-state index contributed by atoms with van der Waals surface area (Å²) in [6.07, 6.45) is 4.65. The zero-order valence-electron chi connectivity index (χ0n) is 11.0. The van der Waals surface area contributed by atoms with Crippen LogP contribution in [0.15, 0.2) is 12.5 Å². The highest BCUT2D eigenvalue weighted by Crippen LogP contribution is 2.18. The quantitative estimate of drug-likeness (QED) is 0.745. The molecule has 0 aromatic carbocycles. The number of likely N-dealkylation sites (N-methyl/N-ethyl adjacent to an activating group) is 1. The highest BCUT2D eigenvalue weighted by molar-refractivity contribution is 6.37. The maximum Gasteiger partial charge on any atom is 0.265 e. The SMILES string of the molecule is CC(=N)C(=O)NC1CCCn2cncc2N(C)C1=O. The Kier molecular flexibility index (Phi) is 3.64. The van der Waals surface area contributed by atoms with Crippen molar-refractivity contribution in [2.45, 2.75) is 32.4 Å². The minimum atomic E-state index is -0.582. The van der Waals surface area contributed by atoms with Gasteiger partial charge in [0.05, 0.1) is 18.2 Å². The molecule has 2 heterocycles. The summed E-state index contributed by atoms with van der Waals surface area (Å²) in [6, 6.07) is -0.582. The first kappa shape index (κ1) is 13.3. The molecule has 1 aromatic heterocycles. The second kappa shape index (κ2) is 5.21. The van der Waals surface area contributed by atoms with Gasteiger partial charge in [-0.25, -0.2) is 4.98 Å². The lowest BCUT2D eigenvalue weighted by molar-refractivity contribution is -0.124. The van der Waals surface area contributed by atoms with E-state index in [9.17, 15) is 9.59 Å². The maximum absolute atomic E-state index is 12.3. The molecule has 19 heavy (non-hydrogen) atoms. The molecular formula is C12H17N5O2. The van der Waals surface area contributed by atoms with Gasteiger partial charge < -0.3 is 9.88 Å². The van der Waals surface area contributed by atoms with E-state index in [1.165, 1.54) is 11.8 Å². The van der Waals surface area contributed by atoms with Gasteiger partial charge in [-0.15, -0.1) is 0 Å². The van der Waals surface area contributed by atoms with Crippen LogP contribution in [0, 0.1) is 5.41 Å². The third kappa shape index (κ3) is 2.64. The third-order valence-electron chi connectivity index (χ3n) is 3.20. The Bertz CT molecular complexity index is 522. The highest BCUT2D eigenvalue weighted by Gasteiger charge is 2.28. The summed E-state index contributed by atoms with van der Waals surface area (Å²) in [4.78, 5) is 29.4. The second-order valence-electron chi connectivity index (χ2n) is 4.64. The average Bonchev–Trinajstić information content (AvgIpc) is 2.82. The van der Waals surface area contributed by atoms with E-state index in [4.69, 9.17) is 5.41 Å². The smallest absolute Gasteiger partial charge is 0.265 e. The van der Waals surface area contributed by atoms with E-state index in [0.29, 0.717) is 6.42 Å². The summed E-state index contributed by atoms with van der Waals surface area (Å²) >= 11 is 0. The first-order chi connectivity index (χ1) is 9.00. The topological polar surface area (TPSA) is 91.1 Å². The molecule has 1 unspecified atom stereocenters. The third-order valence-corrected chi connectivity index (χ3v) is 3.20. The molecule has 2 amide bonds. The van der Waals surface area contributed by atoms with Crippen LogP contribution in [-0.4, -0.2) is 40.2 Å². The molecule has 0 saturated carbocycles. The van der Waals surface area contributed by atoms with E-state index in [1.54, 1.807) is 19.6 Å². The number of nitrogens with zero attached hydrogens (tertiary/aromatic N) is 3. The Morgan fingerprint density at radius 1 is 1.58 bits per heavy atom. The molecule has 7 nitrogen and oxygen atoms in total. The molecule has 0 spiro atoms. The van der Waals surface area contributed by atoms with Gasteiger partial charge in [-0.3, -0.25) is 19.9 Å². The molecule has 102 valence electrons. The van der Waals surface area contributed by atoms with Gasteiger partial charge in [-0.2, -0.15) is 0 Å². The molecule has 1 aliphatic rings. The first-order valence-corrected chi connectivity index (χ1v) is 6.14. The van der Waals surface area contributed by atoms with Gasteiger partial charge in [0.2, 0.25) is 5.91 Å². The lowest BCUT2D eigenvalue weighted by Gasteiger charge is -2.27. The van der Waals surface area contributed by atoms with Crippen molar-refractivity contribution in [1.29, 1.82) is 5.41 Å². The van der Waals surface area contributed by atoms with Gasteiger partial charge in [0.15, 0.2) is 0 Å². The monoisotopic (exact) mass is 263 g/mol. The van der Waals surface area contributed by atoms with Gasteiger partial charge in [0, 0.05) is 13.6 Å². The van der Waals surface area contributed by atoms with Gasteiger partial charge in [-0.1, -0.05) is 0 Å². The van der Waals surface area contributed by atoms with Gasteiger partial charge in [-0.05, 0) is 19.8 Å². The molecule has 7 heteroatoms. The largest absolute Gasteiger partial charge is 0.339 e. The van der Waals surface area contributed by atoms with Gasteiger partial charge >= 0.3 is 0 Å². The molecule has 1 atom stereocenters. The molecule has 1 aliphatic heterocycles. The van der Waals surface area contributed by atoms with Crippen LogP contribution >= 0.6 is 0 Å². The molecule has 0 saturated heterocycles. The van der Waals surface area contributed by atoms with Crippen molar-refractivity contribution < 1.29 is 9.59 Å². The van der Waals surface area contributed by atoms with Crippen molar-refractivity contribution in [3.05, 3.63) is 12.5 Å². The lowest BCUT2D eigenvalue weighted by Crippen LogP contribution is -2.50. The van der Waals surface area contributed by atoms with Crippen LogP contribution in [0.5, 0.6) is 0 Å². The molecule has 0 radical (unpaired) electrons. The molecular weight excluding hydrogens is 246 g/mol. The van der Waals surface area contributed by atoms with E-state index in [2.05, 4.69) is 10.3 Å². The number of anilines is 1. The number of carbonyl (C=O) groups is 2. The summed E-state index contributed by atoms with van der Waals surface area (Å²) in [5.41, 5.74) is -0.0949. The van der Waals surface area contributed by atoms with Gasteiger partial charge in [0.1, 0.15) is 11.9 Å². The van der Waals surface area contributed by atoms with Crippen LogP contribution in [0.25, 0.3) is 0 Å². The Morgan fingerprint density at radius 2 is 2.32 bits per heavy atom. The fourth-order valence-corrected chi connectivity index (χ4v) is 2.10. The zero-order chi connectivity index (χ0) is 14.0. The number of hydrogen-bond acceptors (Lipinski definition) is 4. The second-order valence-corrected chi connectivity index (χ2v) is 4.64. The summed E-state index contributed by atoms with van der Waals surface area (Å²) in [6.45, 7) is 2.16. The van der Waals surface area contributed by atoms with E-state index < -0.39 is 11.9 Å². The molecule has 2 rings (SSSR count). The number of hydrogen-bond donors (Lipinski definition) is 2. The number of nitrogens with one attached hydrogen (secondary N) is 2. The summed E-state index contributed by atoms with van der Waals surface area (Å²) < 4.78 is 1.91. The standard InChI is InChI=1S/C12H17N5O2/c1-8(13)11(18)15-9-4-3-5-17-7-14-6-10(17)16(2)12(9)19/h6-7,9,13H,3-5H2,1-2H3,(H,15,18). The molecule has 0 fully saturated rings. The molecule has 0 bridgehead atoms. The lowest BCUT2D eigenvalue weighted by atomic mass is 10.1. The normalized spacial score (nSPS) is 19.4. The predicted molar refractivity (Wildman–Crippen MR) is 70.2 cm³/mol. The van der Waals surface area contributed by atoms with Crippen LogP contribution in [0.3, 0.4) is 0 Å². The fourth-order valence-electron chi connectivity index (χ4n) is 2.10. The molecule has 1 aromatic rings. The van der Waals surface area contributed by atoms with E-state index in [1.807, 2.05) is 4.57 Å². The molecule has 2 N–H and O–H groups in total. The molecule has 0 aliphatic carbocycles. The number of fused-ring (bicyclic) bond motifs is 1. The number of carbonyl (C=O) groups excluding carboxylic acids is 2. The van der Waals surface area contributed by atoms with Crippen molar-refractivity contribution in [3.63, 3.8) is 0 Å². The predicted octanol–water partition coefficient (Wildman–Crippen LogP) is 0.164. The first-order valence-electron chi connectivity index (χ1n) is 6.14. The van der Waals surface area contributed by atoms with Gasteiger partial charge in [0.25, 0.3) is 5.91 Å². The number of imidazole rings is 1. The number of aryl methyl sites for hydroxylation is 1. The van der Waals surface area contributed by atoms with Crippen molar-refractivity contribution >= 4 is 23.3 Å². The van der Waals surface area contributed by atoms with Crippen LogP contribution in [0.2, 0.25) is 0 Å². The van der Waals surface area contributed by atoms with Crippen molar-refractivity contribution in [3.8, 4) is 0 Å². The summed E-state index contributed by atoms with van der Waals surface area (Å²) in [5, 5.41) is 9.88. The summed E-state index contributed by atoms with van der Waals surface area (Å²) in [7, 11) is 1.66. The van der Waals surface area contributed by atoms with Crippen molar-refractivity contribution in [2.24, 2.45) is 0 Å². The maximum atomic E-state index is 12.3. The van der Waals surface area contributed by atoms with Crippen molar-refractivity contribution in [1.82, 2.24) is 14.9 Å². The van der Waals surface area contributed by atoms with E-state index in [0.717, 1.165) is 18.8 Å². The van der Waals surface area contributed by atoms with Crippen LogP contribution in [0.4, 0.5) is 5.82 Å². The van der Waals surface area contributed by atoms with Crippen LogP contribution in [-0.2, 0) is 16.1 Å². The van der Waals surface area contributed by atoms with E-state index in [-0.39, 0.29) is 11.6 Å². The van der Waals surface area contributed by atoms with Crippen LogP contribution in [0.1, 0.15) is 19.8 Å². The Balaban J connectivity index is 2.19. The Hall–Kier alpha value is -2.18. The number of rotatable bonds is 2. The van der Waals surface area contributed by atoms with Crippen molar-refractivity contribution in [2.75, 3.05) is 11.9 Å². The number of aromatic nitrogens is 2. The Morgan fingerprint density at radius 3 is 3.00 bits per heavy atom. The van der Waals surface area contributed by atoms with E-state index >= 15 is 0 Å². The summed E-state index contributed by atoms with van der Waals surface area (Å²) in [5.74, 6) is 0.0346. The average molecular weight is 263 g/mol.